The van der Waals surface area contributed by atoms with Crippen molar-refractivity contribution in [3.8, 4) is 23.0 Å². The maximum atomic E-state index is 9.96. The van der Waals surface area contributed by atoms with E-state index in [2.05, 4.69) is 5.32 Å². The number of phenolic OH excluding ortho intramolecular Hbond substituents is 1. The van der Waals surface area contributed by atoms with Crippen molar-refractivity contribution in [1.82, 2.24) is 5.01 Å². The smallest absolute Gasteiger partial charge is 0.194 e. The third-order valence-corrected chi connectivity index (χ3v) is 6.08. The van der Waals surface area contributed by atoms with Crippen LogP contribution in [0.25, 0.3) is 0 Å². The van der Waals surface area contributed by atoms with E-state index in [0.717, 1.165) is 28.1 Å². The van der Waals surface area contributed by atoms with Gasteiger partial charge in [-0.15, -0.1) is 0 Å². The number of para-hydroxylation sites is 2. The minimum absolute atomic E-state index is 0.168. The number of methoxy groups -OCH3 is 3. The average molecular weight is 478 g/mol. The fourth-order valence-electron chi connectivity index (χ4n) is 3.95. The van der Waals surface area contributed by atoms with Gasteiger partial charge in [-0.3, -0.25) is 0 Å². The summed E-state index contributed by atoms with van der Waals surface area (Å²) >= 11 is 5.80. The summed E-state index contributed by atoms with van der Waals surface area (Å²) in [5.74, 6) is 2.23. The fraction of sp³-hybridized carbons (Fsp3) is 0.231. The minimum atomic E-state index is -0.168. The SMILES string of the molecule is COc1ccccc1NC(=S)N1N=C(c2ccc(O)c(C)c2)CC1c1ccc(OC)c(OC)c1. The maximum Gasteiger partial charge on any atom is 0.194 e. The fourth-order valence-corrected chi connectivity index (χ4v) is 4.23. The first-order valence-electron chi connectivity index (χ1n) is 10.8. The first-order valence-corrected chi connectivity index (χ1v) is 11.2. The van der Waals surface area contributed by atoms with Gasteiger partial charge in [0.15, 0.2) is 16.6 Å². The Morgan fingerprint density at radius 3 is 2.41 bits per heavy atom. The number of rotatable bonds is 6. The highest BCUT2D eigenvalue weighted by Gasteiger charge is 2.32. The molecule has 0 amide bonds. The highest BCUT2D eigenvalue weighted by Crippen LogP contribution is 2.38. The molecule has 7 nitrogen and oxygen atoms in total. The molecule has 8 heteroatoms. The average Bonchev–Trinajstić information content (AvgIpc) is 3.31. The Kier molecular flexibility index (Phi) is 6.88. The van der Waals surface area contributed by atoms with Crippen LogP contribution >= 0.6 is 12.2 Å². The van der Waals surface area contributed by atoms with E-state index in [1.54, 1.807) is 32.4 Å². The first-order chi connectivity index (χ1) is 16.4. The molecule has 1 heterocycles. The van der Waals surface area contributed by atoms with E-state index in [1.165, 1.54) is 0 Å². The zero-order valence-electron chi connectivity index (χ0n) is 19.5. The Morgan fingerprint density at radius 2 is 1.71 bits per heavy atom. The number of nitrogens with one attached hydrogen (secondary N) is 1. The summed E-state index contributed by atoms with van der Waals surface area (Å²) in [6.45, 7) is 1.87. The van der Waals surface area contributed by atoms with Gasteiger partial charge in [0, 0.05) is 6.42 Å². The summed E-state index contributed by atoms with van der Waals surface area (Å²) in [4.78, 5) is 0. The van der Waals surface area contributed by atoms with Crippen molar-refractivity contribution in [2.75, 3.05) is 26.6 Å². The molecule has 176 valence electrons. The summed E-state index contributed by atoms with van der Waals surface area (Å²) in [5, 5.41) is 20.4. The number of aryl methyl sites for hydroxylation is 1. The highest BCUT2D eigenvalue weighted by atomic mass is 32.1. The van der Waals surface area contributed by atoms with Crippen molar-refractivity contribution >= 4 is 28.7 Å². The molecule has 0 bridgehead atoms. The largest absolute Gasteiger partial charge is 0.508 e. The van der Waals surface area contributed by atoms with Crippen LogP contribution in [-0.2, 0) is 0 Å². The standard InChI is InChI=1S/C26H27N3O4S/c1-16-13-17(9-11-22(16)30)20-15-21(18-10-12-24(32-3)25(14-18)33-4)29(28-20)26(34)27-19-7-5-6-8-23(19)31-2/h5-14,21,30H,15H2,1-4H3,(H,27,34). The second-order valence-electron chi connectivity index (χ2n) is 7.86. The number of anilines is 1. The van der Waals surface area contributed by atoms with Gasteiger partial charge in [-0.05, 0) is 78.3 Å². The van der Waals surface area contributed by atoms with Crippen LogP contribution in [0.3, 0.4) is 0 Å². The Morgan fingerprint density at radius 1 is 0.971 bits per heavy atom. The van der Waals surface area contributed by atoms with Crippen LogP contribution in [0, 0.1) is 6.92 Å². The molecule has 0 radical (unpaired) electrons. The highest BCUT2D eigenvalue weighted by molar-refractivity contribution is 7.80. The molecule has 1 aliphatic rings. The van der Waals surface area contributed by atoms with Crippen LogP contribution in [0.15, 0.2) is 65.8 Å². The lowest BCUT2D eigenvalue weighted by Crippen LogP contribution is -2.31. The van der Waals surface area contributed by atoms with Crippen molar-refractivity contribution in [1.29, 1.82) is 0 Å². The number of hydrazone groups is 1. The Hall–Kier alpha value is -3.78. The summed E-state index contributed by atoms with van der Waals surface area (Å²) in [5.41, 5.74) is 4.33. The molecule has 4 rings (SSSR count). The number of phenols is 1. The lowest BCUT2D eigenvalue weighted by molar-refractivity contribution is 0.348. The van der Waals surface area contributed by atoms with Crippen LogP contribution in [0.4, 0.5) is 5.69 Å². The van der Waals surface area contributed by atoms with E-state index in [-0.39, 0.29) is 11.8 Å². The van der Waals surface area contributed by atoms with Gasteiger partial charge in [0.2, 0.25) is 0 Å². The molecule has 0 aliphatic carbocycles. The minimum Gasteiger partial charge on any atom is -0.508 e. The van der Waals surface area contributed by atoms with E-state index >= 15 is 0 Å². The molecule has 2 N–H and O–H groups in total. The topological polar surface area (TPSA) is 75.6 Å². The number of ether oxygens (including phenoxy) is 3. The maximum absolute atomic E-state index is 9.96. The van der Waals surface area contributed by atoms with Gasteiger partial charge in [0.05, 0.1) is 38.8 Å². The van der Waals surface area contributed by atoms with E-state index in [0.29, 0.717) is 28.8 Å². The Balaban J connectivity index is 1.72. The van der Waals surface area contributed by atoms with Gasteiger partial charge in [0.25, 0.3) is 0 Å². The molecule has 1 aliphatic heterocycles. The predicted octanol–water partition coefficient (Wildman–Crippen LogP) is 5.27. The monoisotopic (exact) mass is 477 g/mol. The van der Waals surface area contributed by atoms with Crippen LogP contribution < -0.4 is 19.5 Å². The first kappa shape index (κ1) is 23.4. The van der Waals surface area contributed by atoms with Crippen LogP contribution in [-0.4, -0.2) is 42.3 Å². The molecule has 0 saturated heterocycles. The Labute approximate surface area is 204 Å². The number of hydrogen-bond acceptors (Lipinski definition) is 6. The molecular formula is C26H27N3O4S. The Bertz CT molecular complexity index is 1240. The van der Waals surface area contributed by atoms with Gasteiger partial charge in [-0.2, -0.15) is 5.10 Å². The van der Waals surface area contributed by atoms with Gasteiger partial charge < -0.3 is 24.6 Å². The van der Waals surface area contributed by atoms with Crippen LogP contribution in [0.5, 0.6) is 23.0 Å². The van der Waals surface area contributed by atoms with Crippen molar-refractivity contribution in [2.24, 2.45) is 5.10 Å². The van der Waals surface area contributed by atoms with Crippen molar-refractivity contribution < 1.29 is 19.3 Å². The third-order valence-electron chi connectivity index (χ3n) is 5.79. The normalized spacial score (nSPS) is 15.0. The third kappa shape index (κ3) is 4.63. The van der Waals surface area contributed by atoms with Crippen LogP contribution in [0.2, 0.25) is 0 Å². The quantitative estimate of drug-likeness (QED) is 0.468. The van der Waals surface area contributed by atoms with Crippen LogP contribution in [0.1, 0.15) is 29.2 Å². The second-order valence-corrected chi connectivity index (χ2v) is 8.24. The molecule has 0 fully saturated rings. The number of aromatic hydroxyl groups is 1. The van der Waals surface area contributed by atoms with E-state index < -0.39 is 0 Å². The molecule has 0 aromatic heterocycles. The molecule has 3 aromatic rings. The lowest BCUT2D eigenvalue weighted by Gasteiger charge is -2.26. The molecule has 1 atom stereocenters. The van der Waals surface area contributed by atoms with Crippen molar-refractivity contribution in [2.45, 2.75) is 19.4 Å². The number of benzene rings is 3. The van der Waals surface area contributed by atoms with Gasteiger partial charge in [-0.25, -0.2) is 5.01 Å². The van der Waals surface area contributed by atoms with E-state index in [4.69, 9.17) is 31.5 Å². The summed E-state index contributed by atoms with van der Waals surface area (Å²) in [6, 6.07) is 18.7. The molecule has 34 heavy (non-hydrogen) atoms. The summed E-state index contributed by atoms with van der Waals surface area (Å²) < 4.78 is 16.4. The zero-order chi connectivity index (χ0) is 24.2. The summed E-state index contributed by atoms with van der Waals surface area (Å²) in [6.07, 6.45) is 0.618. The summed E-state index contributed by atoms with van der Waals surface area (Å²) in [7, 11) is 4.85. The van der Waals surface area contributed by atoms with Crippen molar-refractivity contribution in [3.63, 3.8) is 0 Å². The number of thiocarbonyl (C=S) groups is 1. The molecule has 0 saturated carbocycles. The van der Waals surface area contributed by atoms with E-state index in [1.807, 2.05) is 61.5 Å². The number of hydrogen-bond donors (Lipinski definition) is 2. The zero-order valence-corrected chi connectivity index (χ0v) is 20.3. The molecule has 3 aromatic carbocycles. The molecule has 0 spiro atoms. The predicted molar refractivity (Wildman–Crippen MR) is 137 cm³/mol. The van der Waals surface area contributed by atoms with E-state index in [9.17, 15) is 5.11 Å². The second kappa shape index (κ2) is 10.0. The number of nitrogens with zero attached hydrogens (tertiary/aromatic N) is 2. The van der Waals surface area contributed by atoms with Crippen molar-refractivity contribution in [3.05, 3.63) is 77.4 Å². The lowest BCUT2D eigenvalue weighted by atomic mass is 9.97. The molecule has 1 unspecified atom stereocenters. The van der Waals surface area contributed by atoms with Gasteiger partial charge >= 0.3 is 0 Å². The van der Waals surface area contributed by atoms with Gasteiger partial charge in [0.1, 0.15) is 11.5 Å². The van der Waals surface area contributed by atoms with Gasteiger partial charge in [-0.1, -0.05) is 18.2 Å². The molecular weight excluding hydrogens is 450 g/mol.